The summed E-state index contributed by atoms with van der Waals surface area (Å²) in [6, 6.07) is -0.951. The summed E-state index contributed by atoms with van der Waals surface area (Å²) < 4.78 is 22.8. The van der Waals surface area contributed by atoms with Gasteiger partial charge in [-0.15, -0.1) is 0 Å². The number of allylic oxidation sites excluding steroid dienone is 25. The molecule has 0 spiro atoms. The van der Waals surface area contributed by atoms with Crippen LogP contribution in [0.1, 0.15) is 232 Å². The van der Waals surface area contributed by atoms with Gasteiger partial charge in [-0.25, -0.2) is 0 Å². The van der Waals surface area contributed by atoms with Gasteiger partial charge in [0.1, 0.15) is 48.8 Å². The smallest absolute Gasteiger partial charge is 0.220 e. The number of aliphatic hydroxyl groups excluding tert-OH is 8. The molecule has 9 N–H and O–H groups in total. The zero-order valence-corrected chi connectivity index (χ0v) is 56.7. The topological polar surface area (TPSA) is 228 Å². The molecule has 14 nitrogen and oxygen atoms in total. The van der Waals surface area contributed by atoms with Crippen molar-refractivity contribution in [1.29, 1.82) is 0 Å². The zero-order chi connectivity index (χ0) is 66.6. The zero-order valence-electron chi connectivity index (χ0n) is 56.7. The molecule has 0 aromatic heterocycles. The molecule has 14 heteroatoms. The van der Waals surface area contributed by atoms with E-state index in [1.54, 1.807) is 6.08 Å². The summed E-state index contributed by atoms with van der Waals surface area (Å²) in [5, 5.41) is 87.4. The van der Waals surface area contributed by atoms with E-state index in [-0.39, 0.29) is 18.9 Å². The van der Waals surface area contributed by atoms with Crippen molar-refractivity contribution in [3.05, 3.63) is 158 Å². The van der Waals surface area contributed by atoms with Crippen LogP contribution in [0.3, 0.4) is 0 Å². The summed E-state index contributed by atoms with van der Waals surface area (Å²) in [5.74, 6) is -0.287. The highest BCUT2D eigenvalue weighted by molar-refractivity contribution is 5.76. The van der Waals surface area contributed by atoms with Crippen LogP contribution < -0.4 is 5.32 Å². The second-order valence-corrected chi connectivity index (χ2v) is 24.3. The Balaban J connectivity index is 1.69. The first kappa shape index (κ1) is 83.7. The third kappa shape index (κ3) is 43.6. The van der Waals surface area contributed by atoms with Gasteiger partial charge in [0.15, 0.2) is 12.6 Å². The minimum atomic E-state index is -1.80. The monoisotopic (exact) mass is 1290 g/mol. The molecule has 2 aliphatic heterocycles. The second-order valence-electron chi connectivity index (χ2n) is 24.3. The highest BCUT2D eigenvalue weighted by atomic mass is 16.7. The van der Waals surface area contributed by atoms with Crippen LogP contribution in [0, 0.1) is 0 Å². The Bertz CT molecular complexity index is 2150. The summed E-state index contributed by atoms with van der Waals surface area (Å²) >= 11 is 0. The van der Waals surface area contributed by atoms with E-state index >= 15 is 0 Å². The first-order valence-electron chi connectivity index (χ1n) is 35.7. The van der Waals surface area contributed by atoms with Crippen molar-refractivity contribution in [2.24, 2.45) is 0 Å². The van der Waals surface area contributed by atoms with E-state index in [2.05, 4.69) is 165 Å². The molecule has 2 rings (SSSR count). The lowest BCUT2D eigenvalue weighted by atomic mass is 9.97. The standard InChI is InChI=1S/C78H127NO13/c1-3-5-7-9-11-13-15-17-19-21-23-24-25-26-27-28-29-30-31-32-33-34-35-36-37-38-39-40-41-42-44-46-48-50-52-54-56-58-60-62-70(83)79-66(67(82)61-59-57-55-53-51-49-47-45-43-22-20-18-16-14-12-10-8-6-4-2)65-89-77-75(88)73(86)76(69(64-81)91-77)92-78-74(87)72(85)71(84)68(63-80)90-78/h5,7,11,13,17,19,23-24,26-27,29-30,32-33,35-36,38-39,41-42,46,48,52,54,59,61,66-69,71-78,80-82,84-88H,3-4,6,8-10,12,14-16,18,20-22,25,28,31,34,37,40,43-45,47,49-51,53,55-58,60,62-65H2,1-2H3,(H,79,83)/b7-5-,13-11-,19-17-,24-23-,27-26-,30-29-,33-32-,36-35-,39-38-,42-41-,48-46-,54-52-,61-59+. The van der Waals surface area contributed by atoms with E-state index in [1.807, 2.05) is 6.08 Å². The summed E-state index contributed by atoms with van der Waals surface area (Å²) in [6.45, 7) is 2.65. The maximum Gasteiger partial charge on any atom is 0.220 e. The summed E-state index contributed by atoms with van der Waals surface area (Å²) in [5.41, 5.74) is 0. The van der Waals surface area contributed by atoms with E-state index in [1.165, 1.54) is 89.9 Å². The van der Waals surface area contributed by atoms with E-state index in [9.17, 15) is 45.6 Å². The van der Waals surface area contributed by atoms with Gasteiger partial charge >= 0.3 is 0 Å². The fourth-order valence-corrected chi connectivity index (χ4v) is 10.6. The van der Waals surface area contributed by atoms with Gasteiger partial charge in [0.2, 0.25) is 5.91 Å². The van der Waals surface area contributed by atoms with Crippen LogP contribution in [-0.4, -0.2) is 140 Å². The average Bonchev–Trinajstić information content (AvgIpc) is 1.05. The Morgan fingerprint density at radius 1 is 0.402 bits per heavy atom. The van der Waals surface area contributed by atoms with Gasteiger partial charge in [-0.2, -0.15) is 0 Å². The van der Waals surface area contributed by atoms with Gasteiger partial charge in [0.05, 0.1) is 32.0 Å². The van der Waals surface area contributed by atoms with Gasteiger partial charge in [-0.3, -0.25) is 4.79 Å². The summed E-state index contributed by atoms with van der Waals surface area (Å²) in [6.07, 6.45) is 75.8. The minimum absolute atomic E-state index is 0.216. The SMILES string of the molecule is CC/C=C\C/C=C\C/C=C\C/C=C\C/C=C\C/C=C\C/C=C\C/C=C\C/C=C\C/C=C\C/C=C\C/C=C\CCCCC(=O)NC(COC1OC(CO)C(OC2OC(CO)C(O)C(O)C2O)C(O)C1O)C(O)/C=C/CCCCCCCCCCCCCCCCCCC. The molecule has 2 fully saturated rings. The predicted molar refractivity (Wildman–Crippen MR) is 377 cm³/mol. The Labute approximate surface area is 556 Å². The first-order valence-corrected chi connectivity index (χ1v) is 35.7. The van der Waals surface area contributed by atoms with E-state index in [0.29, 0.717) is 6.42 Å². The quantitative estimate of drug-likeness (QED) is 0.0204. The minimum Gasteiger partial charge on any atom is -0.394 e. The highest BCUT2D eigenvalue weighted by Gasteiger charge is 2.51. The molecule has 0 radical (unpaired) electrons. The molecule has 12 atom stereocenters. The number of aliphatic hydroxyl groups is 8. The van der Waals surface area contributed by atoms with Gasteiger partial charge in [-0.05, 0) is 109 Å². The van der Waals surface area contributed by atoms with Crippen LogP contribution in [0.2, 0.25) is 0 Å². The average molecular weight is 1290 g/mol. The van der Waals surface area contributed by atoms with Crippen molar-refractivity contribution in [2.45, 2.75) is 306 Å². The number of rotatable bonds is 56. The van der Waals surface area contributed by atoms with Crippen molar-refractivity contribution >= 4 is 5.91 Å². The third-order valence-corrected chi connectivity index (χ3v) is 16.2. The van der Waals surface area contributed by atoms with Crippen molar-refractivity contribution < 1.29 is 64.6 Å². The number of unbranched alkanes of at least 4 members (excludes halogenated alkanes) is 19. The van der Waals surface area contributed by atoms with Crippen LogP contribution in [0.25, 0.3) is 0 Å². The lowest BCUT2D eigenvalue weighted by Gasteiger charge is -2.46. The lowest BCUT2D eigenvalue weighted by Crippen LogP contribution is -2.65. The highest BCUT2D eigenvalue weighted by Crippen LogP contribution is 2.30. The molecule has 0 aliphatic carbocycles. The van der Waals surface area contributed by atoms with Crippen molar-refractivity contribution in [1.82, 2.24) is 5.32 Å². The van der Waals surface area contributed by atoms with Gasteiger partial charge in [-0.1, -0.05) is 275 Å². The fourth-order valence-electron chi connectivity index (χ4n) is 10.6. The largest absolute Gasteiger partial charge is 0.394 e. The maximum atomic E-state index is 13.3. The first-order chi connectivity index (χ1) is 45.1. The van der Waals surface area contributed by atoms with Crippen LogP contribution in [0.5, 0.6) is 0 Å². The van der Waals surface area contributed by atoms with Gasteiger partial charge < -0.3 is 65.1 Å². The summed E-state index contributed by atoms with van der Waals surface area (Å²) in [4.78, 5) is 13.3. The maximum absolute atomic E-state index is 13.3. The number of hydrogen-bond acceptors (Lipinski definition) is 13. The second kappa shape index (κ2) is 60.3. The van der Waals surface area contributed by atoms with Crippen LogP contribution in [0.4, 0.5) is 0 Å². The summed E-state index contributed by atoms with van der Waals surface area (Å²) in [7, 11) is 0. The molecule has 522 valence electrons. The molecule has 2 saturated heterocycles. The fraction of sp³-hybridized carbons (Fsp3) is 0.654. The lowest BCUT2D eigenvalue weighted by molar-refractivity contribution is -0.359. The number of carbonyl (C=O) groups is 1. The molecule has 92 heavy (non-hydrogen) atoms. The van der Waals surface area contributed by atoms with Crippen molar-refractivity contribution in [3.63, 3.8) is 0 Å². The molecule has 0 saturated carbocycles. The molecule has 0 aromatic rings. The normalized spacial score (nSPS) is 23.7. The molecular weight excluding hydrogens is 1160 g/mol. The van der Waals surface area contributed by atoms with Crippen LogP contribution >= 0.6 is 0 Å². The third-order valence-electron chi connectivity index (χ3n) is 16.2. The number of amides is 1. The Morgan fingerprint density at radius 3 is 1.15 bits per heavy atom. The van der Waals surface area contributed by atoms with Crippen LogP contribution in [-0.2, 0) is 23.7 Å². The van der Waals surface area contributed by atoms with E-state index < -0.39 is 86.8 Å². The molecule has 0 aromatic carbocycles. The number of hydrogen-bond donors (Lipinski definition) is 9. The predicted octanol–water partition coefficient (Wildman–Crippen LogP) is 15.0. The Morgan fingerprint density at radius 2 is 0.750 bits per heavy atom. The van der Waals surface area contributed by atoms with Gasteiger partial charge in [0.25, 0.3) is 0 Å². The molecule has 0 bridgehead atoms. The number of nitrogens with one attached hydrogen (secondary N) is 1. The molecule has 2 aliphatic rings. The number of carbonyl (C=O) groups excluding carboxylic acids is 1. The Kier molecular flexibility index (Phi) is 54.8. The number of ether oxygens (including phenoxy) is 4. The van der Waals surface area contributed by atoms with Gasteiger partial charge in [0, 0.05) is 6.42 Å². The van der Waals surface area contributed by atoms with Crippen molar-refractivity contribution in [3.8, 4) is 0 Å². The molecule has 1 amide bonds. The van der Waals surface area contributed by atoms with Crippen molar-refractivity contribution in [2.75, 3.05) is 19.8 Å². The molecule has 2 heterocycles. The van der Waals surface area contributed by atoms with E-state index in [0.717, 1.165) is 116 Å². The Hall–Kier alpha value is -4.39. The molecule has 12 unspecified atom stereocenters. The van der Waals surface area contributed by atoms with Crippen LogP contribution in [0.15, 0.2) is 158 Å². The van der Waals surface area contributed by atoms with E-state index in [4.69, 9.17) is 18.9 Å². The molecular formula is C78H127NO13.